The second-order valence-corrected chi connectivity index (χ2v) is 4.96. The summed E-state index contributed by atoms with van der Waals surface area (Å²) in [4.78, 5) is 15.0. The highest BCUT2D eigenvalue weighted by molar-refractivity contribution is 5.71. The van der Waals surface area contributed by atoms with E-state index in [0.717, 1.165) is 18.0 Å². The van der Waals surface area contributed by atoms with Crippen molar-refractivity contribution in [3.63, 3.8) is 0 Å². The topological polar surface area (TPSA) is 63.7 Å². The summed E-state index contributed by atoms with van der Waals surface area (Å²) in [5.74, 6) is 1.27. The van der Waals surface area contributed by atoms with Gasteiger partial charge in [-0.05, 0) is 18.6 Å². The fraction of sp³-hybridized carbons (Fsp3) is 0.267. The number of pyridine rings is 2. The van der Waals surface area contributed by atoms with Crippen LogP contribution in [0.5, 0.6) is 5.75 Å². The quantitative estimate of drug-likeness (QED) is 0.801. The van der Waals surface area contributed by atoms with E-state index in [-0.39, 0.29) is 11.2 Å². The van der Waals surface area contributed by atoms with E-state index in [2.05, 4.69) is 19.9 Å². The van der Waals surface area contributed by atoms with Crippen LogP contribution in [0, 0.1) is 0 Å². The lowest BCUT2D eigenvalue weighted by Gasteiger charge is -2.04. The SMILES string of the molecule is COc1ccnc(CCc2nc3ncc(C(F)(F)F)cc3[nH]2)c1. The molecule has 120 valence electrons. The van der Waals surface area contributed by atoms with Gasteiger partial charge >= 0.3 is 6.18 Å². The maximum Gasteiger partial charge on any atom is 0.417 e. The third-order valence-electron chi connectivity index (χ3n) is 3.36. The number of nitrogens with zero attached hydrogens (tertiary/aromatic N) is 3. The lowest BCUT2D eigenvalue weighted by Crippen LogP contribution is -2.05. The first kappa shape index (κ1) is 15.3. The molecule has 0 fully saturated rings. The zero-order valence-corrected chi connectivity index (χ0v) is 12.2. The minimum atomic E-state index is -4.42. The Morgan fingerprint density at radius 3 is 2.74 bits per heavy atom. The van der Waals surface area contributed by atoms with Crippen LogP contribution in [0.1, 0.15) is 17.1 Å². The average Bonchev–Trinajstić information content (AvgIpc) is 2.94. The Labute approximate surface area is 129 Å². The molecule has 0 radical (unpaired) electrons. The molecule has 8 heteroatoms. The van der Waals surface area contributed by atoms with Gasteiger partial charge in [0, 0.05) is 30.6 Å². The zero-order chi connectivity index (χ0) is 16.4. The molecule has 1 N–H and O–H groups in total. The van der Waals surface area contributed by atoms with Gasteiger partial charge in [-0.25, -0.2) is 9.97 Å². The summed E-state index contributed by atoms with van der Waals surface area (Å²) in [6.45, 7) is 0. The maximum atomic E-state index is 12.7. The van der Waals surface area contributed by atoms with Gasteiger partial charge in [0.25, 0.3) is 0 Å². The van der Waals surface area contributed by atoms with E-state index in [4.69, 9.17) is 4.74 Å². The molecule has 0 atom stereocenters. The molecule has 3 rings (SSSR count). The number of halogens is 3. The molecule has 0 amide bonds. The monoisotopic (exact) mass is 322 g/mol. The third kappa shape index (κ3) is 3.41. The molecule has 0 bridgehead atoms. The van der Waals surface area contributed by atoms with E-state index in [0.29, 0.717) is 24.4 Å². The molecule has 0 saturated heterocycles. The summed E-state index contributed by atoms with van der Waals surface area (Å²) in [7, 11) is 1.57. The number of rotatable bonds is 4. The molecule has 5 nitrogen and oxygen atoms in total. The molecule has 0 saturated carbocycles. The summed E-state index contributed by atoms with van der Waals surface area (Å²) in [5, 5.41) is 0. The lowest BCUT2D eigenvalue weighted by molar-refractivity contribution is -0.137. The number of aromatic nitrogens is 4. The highest BCUT2D eigenvalue weighted by atomic mass is 19.4. The summed E-state index contributed by atoms with van der Waals surface area (Å²) in [5.41, 5.74) is 0.559. The number of hydrogen-bond acceptors (Lipinski definition) is 4. The van der Waals surface area contributed by atoms with Crippen LogP contribution in [-0.4, -0.2) is 27.0 Å². The highest BCUT2D eigenvalue weighted by Gasteiger charge is 2.31. The molecule has 23 heavy (non-hydrogen) atoms. The Bertz CT molecular complexity index is 829. The van der Waals surface area contributed by atoms with E-state index in [1.807, 2.05) is 6.07 Å². The molecule has 0 aliphatic carbocycles. The number of H-pyrrole nitrogens is 1. The lowest BCUT2D eigenvalue weighted by atomic mass is 10.2. The maximum absolute atomic E-state index is 12.7. The van der Waals surface area contributed by atoms with Crippen molar-refractivity contribution >= 4 is 11.2 Å². The molecule has 3 aromatic heterocycles. The normalized spacial score (nSPS) is 11.8. The number of aryl methyl sites for hydroxylation is 2. The molecule has 3 heterocycles. The molecule has 3 aromatic rings. The molecule has 0 spiro atoms. The van der Waals surface area contributed by atoms with Gasteiger partial charge in [0.1, 0.15) is 11.6 Å². The van der Waals surface area contributed by atoms with Gasteiger partial charge in [0.05, 0.1) is 18.2 Å². The van der Waals surface area contributed by atoms with Crippen LogP contribution in [0.15, 0.2) is 30.6 Å². The molecule has 0 aromatic carbocycles. The van der Waals surface area contributed by atoms with Crippen LogP contribution in [0.25, 0.3) is 11.2 Å². The minimum absolute atomic E-state index is 0.270. The Morgan fingerprint density at radius 2 is 2.00 bits per heavy atom. The molecular weight excluding hydrogens is 309 g/mol. The van der Waals surface area contributed by atoms with E-state index >= 15 is 0 Å². The van der Waals surface area contributed by atoms with Crippen molar-refractivity contribution in [2.75, 3.05) is 7.11 Å². The smallest absolute Gasteiger partial charge is 0.417 e. The van der Waals surface area contributed by atoms with Gasteiger partial charge in [-0.3, -0.25) is 4.98 Å². The number of alkyl halides is 3. The Hall–Kier alpha value is -2.64. The number of imidazole rings is 1. The fourth-order valence-electron chi connectivity index (χ4n) is 2.19. The standard InChI is InChI=1S/C15H13F3N4O/c1-23-11-4-5-19-10(7-11)2-3-13-21-12-6-9(15(16,17)18)8-20-14(12)22-13/h4-8H,2-3H2,1H3,(H,20,21,22). The van der Waals surface area contributed by atoms with Crippen LogP contribution >= 0.6 is 0 Å². The molecular formula is C15H13F3N4O. The fourth-order valence-corrected chi connectivity index (χ4v) is 2.19. The molecule has 0 aliphatic heterocycles. The van der Waals surface area contributed by atoms with Gasteiger partial charge in [-0.1, -0.05) is 0 Å². The molecule has 0 aliphatic rings. The van der Waals surface area contributed by atoms with Crippen LogP contribution in [0.3, 0.4) is 0 Å². The van der Waals surface area contributed by atoms with Crippen molar-refractivity contribution in [2.24, 2.45) is 0 Å². The average molecular weight is 322 g/mol. The number of nitrogens with one attached hydrogen (secondary N) is 1. The second kappa shape index (κ2) is 5.86. The number of aromatic amines is 1. The minimum Gasteiger partial charge on any atom is -0.497 e. The molecule has 0 unspecified atom stereocenters. The van der Waals surface area contributed by atoms with E-state index < -0.39 is 11.7 Å². The first-order valence-corrected chi connectivity index (χ1v) is 6.86. The predicted molar refractivity (Wildman–Crippen MR) is 77.1 cm³/mol. The van der Waals surface area contributed by atoms with Gasteiger partial charge in [-0.2, -0.15) is 13.2 Å². The Kier molecular flexibility index (Phi) is 3.89. The summed E-state index contributed by atoms with van der Waals surface area (Å²) >= 11 is 0. The summed E-state index contributed by atoms with van der Waals surface area (Å²) in [6, 6.07) is 4.57. The van der Waals surface area contributed by atoms with Crippen LogP contribution in [0.4, 0.5) is 13.2 Å². The van der Waals surface area contributed by atoms with Gasteiger partial charge in [0.15, 0.2) is 5.65 Å². The first-order valence-electron chi connectivity index (χ1n) is 6.86. The Morgan fingerprint density at radius 1 is 1.17 bits per heavy atom. The summed E-state index contributed by atoms with van der Waals surface area (Å²) < 4.78 is 43.1. The summed E-state index contributed by atoms with van der Waals surface area (Å²) in [6.07, 6.45) is -0.890. The van der Waals surface area contributed by atoms with Crippen molar-refractivity contribution < 1.29 is 17.9 Å². The van der Waals surface area contributed by atoms with Crippen LogP contribution in [-0.2, 0) is 19.0 Å². The number of fused-ring (bicyclic) bond motifs is 1. The van der Waals surface area contributed by atoms with E-state index in [9.17, 15) is 13.2 Å². The number of ether oxygens (including phenoxy) is 1. The zero-order valence-electron chi connectivity index (χ0n) is 12.2. The number of hydrogen-bond donors (Lipinski definition) is 1. The van der Waals surface area contributed by atoms with Crippen molar-refractivity contribution in [3.8, 4) is 5.75 Å². The van der Waals surface area contributed by atoms with E-state index in [1.54, 1.807) is 19.4 Å². The third-order valence-corrected chi connectivity index (χ3v) is 3.36. The van der Waals surface area contributed by atoms with Gasteiger partial charge < -0.3 is 9.72 Å². The van der Waals surface area contributed by atoms with Crippen molar-refractivity contribution in [1.29, 1.82) is 0 Å². The van der Waals surface area contributed by atoms with Crippen molar-refractivity contribution in [2.45, 2.75) is 19.0 Å². The Balaban J connectivity index is 1.78. The predicted octanol–water partition coefficient (Wildman–Crippen LogP) is 3.17. The first-order chi connectivity index (χ1) is 11.0. The van der Waals surface area contributed by atoms with Crippen LogP contribution in [0.2, 0.25) is 0 Å². The number of methoxy groups -OCH3 is 1. The van der Waals surface area contributed by atoms with Crippen molar-refractivity contribution in [1.82, 2.24) is 19.9 Å². The largest absolute Gasteiger partial charge is 0.497 e. The second-order valence-electron chi connectivity index (χ2n) is 4.96. The van der Waals surface area contributed by atoms with Gasteiger partial charge in [-0.15, -0.1) is 0 Å². The van der Waals surface area contributed by atoms with Crippen molar-refractivity contribution in [3.05, 3.63) is 47.7 Å². The van der Waals surface area contributed by atoms with Crippen LogP contribution < -0.4 is 4.74 Å². The highest BCUT2D eigenvalue weighted by Crippen LogP contribution is 2.29. The van der Waals surface area contributed by atoms with E-state index in [1.165, 1.54) is 0 Å². The van der Waals surface area contributed by atoms with Gasteiger partial charge in [0.2, 0.25) is 0 Å².